The molecular formula is C20H34ClN3O2. The van der Waals surface area contributed by atoms with Crippen LogP contribution in [0.2, 0.25) is 0 Å². The van der Waals surface area contributed by atoms with Crippen LogP contribution in [-0.4, -0.2) is 42.4 Å². The van der Waals surface area contributed by atoms with E-state index in [9.17, 15) is 9.59 Å². The van der Waals surface area contributed by atoms with E-state index in [0.29, 0.717) is 25.4 Å². The molecule has 2 unspecified atom stereocenters. The first-order valence-corrected chi connectivity index (χ1v) is 10.3. The Bertz CT molecular complexity index is 518. The van der Waals surface area contributed by atoms with Crippen LogP contribution in [0.15, 0.2) is 0 Å². The molecule has 0 aromatic heterocycles. The first-order chi connectivity index (χ1) is 12.0. The Balaban J connectivity index is 0.00000196. The fraction of sp³-hybridized carbons (Fsp3) is 0.900. The maximum atomic E-state index is 12.9. The molecule has 5 fully saturated rings. The Labute approximate surface area is 163 Å². The number of amides is 2. The van der Waals surface area contributed by atoms with Gasteiger partial charge in [0.15, 0.2) is 0 Å². The van der Waals surface area contributed by atoms with Crippen LogP contribution in [0.1, 0.15) is 58.3 Å². The van der Waals surface area contributed by atoms with Gasteiger partial charge in [-0.25, -0.2) is 0 Å². The summed E-state index contributed by atoms with van der Waals surface area (Å²) in [5, 5.41) is 3.12. The molecule has 148 valence electrons. The highest BCUT2D eigenvalue weighted by atomic mass is 35.5. The van der Waals surface area contributed by atoms with Crippen molar-refractivity contribution in [1.29, 1.82) is 0 Å². The van der Waals surface area contributed by atoms with E-state index >= 15 is 0 Å². The van der Waals surface area contributed by atoms with Crippen LogP contribution in [0.3, 0.4) is 0 Å². The molecule has 4 saturated carbocycles. The van der Waals surface area contributed by atoms with Gasteiger partial charge in [0.1, 0.15) is 0 Å². The van der Waals surface area contributed by atoms with Crippen molar-refractivity contribution < 1.29 is 9.59 Å². The molecule has 1 aliphatic heterocycles. The van der Waals surface area contributed by atoms with Crippen molar-refractivity contribution in [2.75, 3.05) is 19.6 Å². The Morgan fingerprint density at radius 1 is 1.08 bits per heavy atom. The summed E-state index contributed by atoms with van der Waals surface area (Å²) in [6, 6.07) is 0.278. The van der Waals surface area contributed by atoms with E-state index in [4.69, 9.17) is 5.73 Å². The van der Waals surface area contributed by atoms with Crippen LogP contribution in [0, 0.1) is 29.1 Å². The minimum absolute atomic E-state index is 0. The number of carbonyl (C=O) groups is 2. The van der Waals surface area contributed by atoms with E-state index in [0.717, 1.165) is 50.0 Å². The topological polar surface area (TPSA) is 75.4 Å². The van der Waals surface area contributed by atoms with Gasteiger partial charge in [0.25, 0.3) is 0 Å². The van der Waals surface area contributed by atoms with E-state index in [-0.39, 0.29) is 35.7 Å². The van der Waals surface area contributed by atoms with Gasteiger partial charge in [-0.1, -0.05) is 0 Å². The minimum Gasteiger partial charge on any atom is -0.355 e. The van der Waals surface area contributed by atoms with Gasteiger partial charge in [0.2, 0.25) is 11.8 Å². The third kappa shape index (κ3) is 3.62. The lowest BCUT2D eigenvalue weighted by atomic mass is 9.49. The van der Waals surface area contributed by atoms with Crippen LogP contribution < -0.4 is 11.1 Å². The molecule has 4 bridgehead atoms. The van der Waals surface area contributed by atoms with E-state index < -0.39 is 0 Å². The number of rotatable bonds is 5. The van der Waals surface area contributed by atoms with Crippen molar-refractivity contribution in [2.45, 2.75) is 64.3 Å². The van der Waals surface area contributed by atoms with Gasteiger partial charge in [-0.15, -0.1) is 12.4 Å². The van der Waals surface area contributed by atoms with Crippen LogP contribution in [0.25, 0.3) is 0 Å². The molecule has 0 aromatic carbocycles. The van der Waals surface area contributed by atoms with Crippen molar-refractivity contribution in [3.05, 3.63) is 0 Å². The fourth-order valence-electron chi connectivity index (χ4n) is 6.66. The number of likely N-dealkylation sites (tertiary alicyclic amines) is 1. The molecule has 4 aliphatic carbocycles. The SMILES string of the molecule is CC1CC(CN)CN1C(=O)CCNC(=O)C12CC3CC(CC(C3)C1)C2.Cl. The number of hydrogen-bond acceptors (Lipinski definition) is 3. The van der Waals surface area contributed by atoms with Gasteiger partial charge >= 0.3 is 0 Å². The van der Waals surface area contributed by atoms with E-state index in [1.165, 1.54) is 19.3 Å². The molecule has 0 spiro atoms. The number of carbonyl (C=O) groups excluding carboxylic acids is 2. The summed E-state index contributed by atoms with van der Waals surface area (Å²) in [5.41, 5.74) is 5.64. The van der Waals surface area contributed by atoms with Crippen molar-refractivity contribution in [2.24, 2.45) is 34.8 Å². The van der Waals surface area contributed by atoms with Gasteiger partial charge in [-0.2, -0.15) is 0 Å². The smallest absolute Gasteiger partial charge is 0.226 e. The molecular weight excluding hydrogens is 350 g/mol. The van der Waals surface area contributed by atoms with Crippen molar-refractivity contribution in [3.63, 3.8) is 0 Å². The van der Waals surface area contributed by atoms with Gasteiger partial charge < -0.3 is 16.0 Å². The number of hydrogen-bond donors (Lipinski definition) is 2. The van der Waals surface area contributed by atoms with Gasteiger partial charge in [-0.3, -0.25) is 9.59 Å². The molecule has 6 heteroatoms. The second-order valence-corrected chi connectivity index (χ2v) is 9.44. The Hall–Kier alpha value is -0.810. The minimum atomic E-state index is -0.108. The highest BCUT2D eigenvalue weighted by Crippen LogP contribution is 2.60. The average Bonchev–Trinajstić information content (AvgIpc) is 2.94. The summed E-state index contributed by atoms with van der Waals surface area (Å²) in [6.45, 7) is 4.01. The van der Waals surface area contributed by atoms with Crippen LogP contribution in [-0.2, 0) is 9.59 Å². The second kappa shape index (κ2) is 7.67. The monoisotopic (exact) mass is 383 g/mol. The third-order valence-electron chi connectivity index (χ3n) is 7.46. The first-order valence-electron chi connectivity index (χ1n) is 10.3. The largest absolute Gasteiger partial charge is 0.355 e. The maximum Gasteiger partial charge on any atom is 0.226 e. The molecule has 0 radical (unpaired) electrons. The predicted octanol–water partition coefficient (Wildman–Crippen LogP) is 2.33. The zero-order valence-corrected chi connectivity index (χ0v) is 16.7. The van der Waals surface area contributed by atoms with Gasteiger partial charge in [0, 0.05) is 31.0 Å². The number of halogens is 1. The summed E-state index contributed by atoms with van der Waals surface area (Å²) in [5.74, 6) is 3.15. The normalized spacial score (nSPS) is 40.4. The Morgan fingerprint density at radius 2 is 1.65 bits per heavy atom. The van der Waals surface area contributed by atoms with Crippen LogP contribution >= 0.6 is 12.4 Å². The van der Waals surface area contributed by atoms with Gasteiger partial charge in [0.05, 0.1) is 0 Å². The Morgan fingerprint density at radius 3 is 2.15 bits per heavy atom. The molecule has 2 atom stereocenters. The number of nitrogens with zero attached hydrogens (tertiary/aromatic N) is 1. The molecule has 5 rings (SSSR count). The van der Waals surface area contributed by atoms with E-state index in [2.05, 4.69) is 12.2 Å². The maximum absolute atomic E-state index is 12.9. The summed E-state index contributed by atoms with van der Waals surface area (Å²) < 4.78 is 0. The zero-order valence-electron chi connectivity index (χ0n) is 15.9. The zero-order chi connectivity index (χ0) is 17.6. The molecule has 5 nitrogen and oxygen atoms in total. The van der Waals surface area contributed by atoms with Crippen LogP contribution in [0.5, 0.6) is 0 Å². The molecule has 5 aliphatic rings. The van der Waals surface area contributed by atoms with Crippen molar-refractivity contribution >= 4 is 24.2 Å². The molecule has 0 aromatic rings. The quantitative estimate of drug-likeness (QED) is 0.765. The lowest BCUT2D eigenvalue weighted by molar-refractivity contribution is -0.146. The molecule has 1 saturated heterocycles. The highest BCUT2D eigenvalue weighted by molar-refractivity contribution is 5.85. The third-order valence-corrected chi connectivity index (χ3v) is 7.46. The fourth-order valence-corrected chi connectivity index (χ4v) is 6.66. The molecule has 1 heterocycles. The second-order valence-electron chi connectivity index (χ2n) is 9.44. The first kappa shape index (κ1) is 19.9. The molecule has 3 N–H and O–H groups in total. The predicted molar refractivity (Wildman–Crippen MR) is 104 cm³/mol. The number of nitrogens with one attached hydrogen (secondary N) is 1. The average molecular weight is 384 g/mol. The standard InChI is InChI=1S/C20H33N3O2.ClH/c1-13-4-17(11-21)12-23(13)18(24)2-3-22-19(25)20-8-14-5-15(9-20)7-16(6-14)10-20;/h13-17H,2-12,21H2,1H3,(H,22,25);1H. The number of nitrogens with two attached hydrogens (primary N) is 1. The Kier molecular flexibility index (Phi) is 5.88. The molecule has 26 heavy (non-hydrogen) atoms. The van der Waals surface area contributed by atoms with Crippen molar-refractivity contribution in [1.82, 2.24) is 10.2 Å². The summed E-state index contributed by atoms with van der Waals surface area (Å²) in [4.78, 5) is 27.3. The van der Waals surface area contributed by atoms with Crippen molar-refractivity contribution in [3.8, 4) is 0 Å². The lowest BCUT2D eigenvalue weighted by Gasteiger charge is -2.55. The lowest BCUT2D eigenvalue weighted by Crippen LogP contribution is -2.53. The summed E-state index contributed by atoms with van der Waals surface area (Å²) >= 11 is 0. The summed E-state index contributed by atoms with van der Waals surface area (Å²) in [6.07, 6.45) is 8.71. The van der Waals surface area contributed by atoms with E-state index in [1.54, 1.807) is 0 Å². The van der Waals surface area contributed by atoms with Gasteiger partial charge in [-0.05, 0) is 82.1 Å². The van der Waals surface area contributed by atoms with E-state index in [1.807, 2.05) is 4.90 Å². The summed E-state index contributed by atoms with van der Waals surface area (Å²) in [7, 11) is 0. The molecule has 2 amide bonds. The van der Waals surface area contributed by atoms with Crippen LogP contribution in [0.4, 0.5) is 0 Å². The highest BCUT2D eigenvalue weighted by Gasteiger charge is 2.54.